The zero-order chi connectivity index (χ0) is 19.5. The van der Waals surface area contributed by atoms with Crippen molar-refractivity contribution in [2.45, 2.75) is 6.54 Å². The Morgan fingerprint density at radius 2 is 2.07 bits per heavy atom. The molecule has 0 unspecified atom stereocenters. The number of amides is 1. The predicted octanol–water partition coefficient (Wildman–Crippen LogP) is 2.01. The molecule has 3 aromatic rings. The first-order chi connectivity index (χ1) is 13.7. The number of carbonyl (C=O) groups is 1. The number of pyridine rings is 1. The molecule has 152 valence electrons. The summed E-state index contributed by atoms with van der Waals surface area (Å²) in [5, 5.41) is 9.78. The summed E-state index contributed by atoms with van der Waals surface area (Å²) < 4.78 is 1.70. The third-order valence-electron chi connectivity index (χ3n) is 4.91. The van der Waals surface area contributed by atoms with E-state index < -0.39 is 0 Å². The number of fused-ring (bicyclic) bond motifs is 1. The number of hydrogen-bond donors (Lipinski definition) is 1. The molecule has 2 aromatic heterocycles. The molecular weight excluding hydrogens is 481 g/mol. The molecule has 29 heavy (non-hydrogen) atoms. The van der Waals surface area contributed by atoms with Gasteiger partial charge in [0.2, 0.25) is 5.91 Å². The van der Waals surface area contributed by atoms with E-state index in [9.17, 15) is 4.79 Å². The molecule has 1 aliphatic rings. The van der Waals surface area contributed by atoms with Crippen molar-refractivity contribution in [3.8, 4) is 0 Å². The van der Waals surface area contributed by atoms with Crippen LogP contribution in [0.1, 0.15) is 5.69 Å². The number of halogens is 1. The second-order valence-electron chi connectivity index (χ2n) is 6.72. The molecule has 8 nitrogen and oxygen atoms in total. The number of rotatable bonds is 3. The van der Waals surface area contributed by atoms with Gasteiger partial charge in [-0.15, -0.1) is 24.0 Å². The Balaban J connectivity index is 0.00000240. The summed E-state index contributed by atoms with van der Waals surface area (Å²) in [5.41, 5.74) is 1.79. The van der Waals surface area contributed by atoms with Crippen molar-refractivity contribution in [2.75, 3.05) is 31.6 Å². The summed E-state index contributed by atoms with van der Waals surface area (Å²) >= 11 is 0. The van der Waals surface area contributed by atoms with Crippen LogP contribution in [-0.2, 0) is 18.4 Å². The molecule has 0 atom stereocenters. The lowest BCUT2D eigenvalue weighted by Gasteiger charge is -2.35. The van der Waals surface area contributed by atoms with Gasteiger partial charge < -0.3 is 15.1 Å². The summed E-state index contributed by atoms with van der Waals surface area (Å²) in [7, 11) is 3.58. The third kappa shape index (κ3) is 4.50. The molecule has 0 aliphatic carbocycles. The van der Waals surface area contributed by atoms with E-state index in [1.807, 2.05) is 42.5 Å². The van der Waals surface area contributed by atoms with Crippen LogP contribution in [0.15, 0.2) is 53.9 Å². The number of guanidine groups is 1. The summed E-state index contributed by atoms with van der Waals surface area (Å²) in [5.74, 6) is 0.736. The van der Waals surface area contributed by atoms with Crippen molar-refractivity contribution in [1.82, 2.24) is 25.0 Å². The number of benzene rings is 1. The zero-order valence-corrected chi connectivity index (χ0v) is 18.8. The Labute approximate surface area is 186 Å². The van der Waals surface area contributed by atoms with Gasteiger partial charge in [0.15, 0.2) is 5.96 Å². The number of aryl methyl sites for hydroxylation is 1. The fourth-order valence-corrected chi connectivity index (χ4v) is 3.49. The molecule has 0 saturated carbocycles. The topological polar surface area (TPSA) is 78.7 Å². The second kappa shape index (κ2) is 9.21. The normalized spacial score (nSPS) is 14.8. The highest BCUT2D eigenvalue weighted by Gasteiger charge is 2.27. The van der Waals surface area contributed by atoms with Crippen molar-refractivity contribution in [3.05, 3.63) is 54.6 Å². The van der Waals surface area contributed by atoms with Crippen molar-refractivity contribution in [3.63, 3.8) is 0 Å². The fourth-order valence-electron chi connectivity index (χ4n) is 3.49. The highest BCUT2D eigenvalue weighted by molar-refractivity contribution is 14.0. The van der Waals surface area contributed by atoms with E-state index >= 15 is 0 Å². The lowest BCUT2D eigenvalue weighted by molar-refractivity contribution is -0.120. The smallest absolute Gasteiger partial charge is 0.246 e. The Hall–Kier alpha value is -2.69. The van der Waals surface area contributed by atoms with Crippen LogP contribution in [0.5, 0.6) is 0 Å². The fraction of sp³-hybridized carbons (Fsp3) is 0.300. The minimum absolute atomic E-state index is 0. The average Bonchev–Trinajstić information content (AvgIpc) is 3.14. The number of piperazine rings is 1. The van der Waals surface area contributed by atoms with Crippen molar-refractivity contribution >= 4 is 52.3 Å². The molecule has 1 N–H and O–H groups in total. The number of anilines is 1. The molecule has 1 fully saturated rings. The van der Waals surface area contributed by atoms with Crippen LogP contribution in [0.2, 0.25) is 0 Å². The summed E-state index contributed by atoms with van der Waals surface area (Å²) in [6.45, 7) is 2.11. The first kappa shape index (κ1) is 21.0. The first-order valence-corrected chi connectivity index (χ1v) is 9.23. The van der Waals surface area contributed by atoms with Crippen LogP contribution in [0.3, 0.4) is 0 Å². The van der Waals surface area contributed by atoms with E-state index in [4.69, 9.17) is 0 Å². The van der Waals surface area contributed by atoms with E-state index in [0.29, 0.717) is 25.6 Å². The van der Waals surface area contributed by atoms with Gasteiger partial charge in [0.25, 0.3) is 0 Å². The molecular formula is C20H24IN7O. The number of carbonyl (C=O) groups excluding carboxylic acids is 1. The van der Waals surface area contributed by atoms with Gasteiger partial charge in [-0.05, 0) is 11.5 Å². The Bertz CT molecular complexity index is 1030. The second-order valence-corrected chi connectivity index (χ2v) is 6.72. The molecule has 4 rings (SSSR count). The zero-order valence-electron chi connectivity index (χ0n) is 16.4. The van der Waals surface area contributed by atoms with Gasteiger partial charge in [0.1, 0.15) is 6.54 Å². The lowest BCUT2D eigenvalue weighted by Crippen LogP contribution is -2.55. The average molecular weight is 505 g/mol. The van der Waals surface area contributed by atoms with E-state index in [0.717, 1.165) is 22.2 Å². The molecule has 0 bridgehead atoms. The minimum atomic E-state index is 0. The van der Waals surface area contributed by atoms with Gasteiger partial charge in [0, 0.05) is 45.0 Å². The van der Waals surface area contributed by atoms with E-state index in [2.05, 4.69) is 32.5 Å². The van der Waals surface area contributed by atoms with E-state index in [-0.39, 0.29) is 36.4 Å². The Kier molecular flexibility index (Phi) is 6.68. The number of aromatic nitrogens is 3. The maximum Gasteiger partial charge on any atom is 0.246 e. The van der Waals surface area contributed by atoms with Gasteiger partial charge in [-0.25, -0.2) is 0 Å². The first-order valence-electron chi connectivity index (χ1n) is 9.23. The molecule has 1 aliphatic heterocycles. The van der Waals surface area contributed by atoms with E-state index in [1.54, 1.807) is 22.8 Å². The summed E-state index contributed by atoms with van der Waals surface area (Å²) in [6, 6.07) is 10.2. The highest BCUT2D eigenvalue weighted by Crippen LogP contribution is 2.17. The predicted molar refractivity (Wildman–Crippen MR) is 124 cm³/mol. The number of hydrogen-bond acceptors (Lipinski definition) is 4. The van der Waals surface area contributed by atoms with Gasteiger partial charge in [-0.1, -0.05) is 24.3 Å². The van der Waals surface area contributed by atoms with Crippen molar-refractivity contribution in [1.29, 1.82) is 0 Å². The molecule has 1 amide bonds. The van der Waals surface area contributed by atoms with Crippen LogP contribution in [0.25, 0.3) is 10.8 Å². The molecule has 0 radical (unpaired) electrons. The third-order valence-corrected chi connectivity index (χ3v) is 4.91. The quantitative estimate of drug-likeness (QED) is 0.335. The summed E-state index contributed by atoms with van der Waals surface area (Å²) in [4.78, 5) is 25.2. The maximum absolute atomic E-state index is 12.6. The van der Waals surface area contributed by atoms with Gasteiger partial charge in [-0.2, -0.15) is 5.10 Å². The van der Waals surface area contributed by atoms with Crippen molar-refractivity contribution < 1.29 is 4.79 Å². The van der Waals surface area contributed by atoms with Gasteiger partial charge >= 0.3 is 0 Å². The molecule has 3 heterocycles. The van der Waals surface area contributed by atoms with Gasteiger partial charge in [0.05, 0.1) is 24.1 Å². The largest absolute Gasteiger partial charge is 0.351 e. The number of nitrogens with one attached hydrogen (secondary N) is 1. The monoisotopic (exact) mass is 505 g/mol. The molecule has 9 heteroatoms. The number of nitrogens with zero attached hydrogens (tertiary/aromatic N) is 6. The standard InChI is InChI=1S/C20H23N7O.HI/c1-21-20(23-12-18-17-6-4-3-5-15(17)7-8-22-18)26-9-10-27(19(28)14-26)16-11-24-25(2)13-16;/h3-8,11,13H,9-10,12,14H2,1-2H3,(H,21,23);1H. The SMILES string of the molecule is CN=C(NCc1nccc2ccccc12)N1CCN(c2cnn(C)c2)C(=O)C1.I. The van der Waals surface area contributed by atoms with Gasteiger partial charge in [-0.3, -0.25) is 19.5 Å². The van der Waals surface area contributed by atoms with Crippen LogP contribution in [0, 0.1) is 0 Å². The molecule has 1 saturated heterocycles. The lowest BCUT2D eigenvalue weighted by atomic mass is 10.1. The maximum atomic E-state index is 12.6. The summed E-state index contributed by atoms with van der Waals surface area (Å²) in [6.07, 6.45) is 5.39. The van der Waals surface area contributed by atoms with Crippen LogP contribution in [-0.4, -0.2) is 58.2 Å². The molecule has 1 aromatic carbocycles. The minimum Gasteiger partial charge on any atom is -0.351 e. The Morgan fingerprint density at radius 1 is 1.24 bits per heavy atom. The van der Waals surface area contributed by atoms with Crippen molar-refractivity contribution in [2.24, 2.45) is 12.0 Å². The Morgan fingerprint density at radius 3 is 2.79 bits per heavy atom. The van der Waals surface area contributed by atoms with Crippen LogP contribution >= 0.6 is 24.0 Å². The van der Waals surface area contributed by atoms with E-state index in [1.165, 1.54) is 0 Å². The number of aliphatic imine (C=N–C) groups is 1. The molecule has 0 spiro atoms. The van der Waals surface area contributed by atoms with Crippen LogP contribution in [0.4, 0.5) is 5.69 Å². The highest BCUT2D eigenvalue weighted by atomic mass is 127. The van der Waals surface area contributed by atoms with Crippen LogP contribution < -0.4 is 10.2 Å².